The largest absolute Gasteiger partial charge is 0.416 e. The number of nitrogens with one attached hydrogen (secondary N) is 2. The Morgan fingerprint density at radius 1 is 0.839 bits per heavy atom. The van der Waals surface area contributed by atoms with Crippen LogP contribution >= 0.6 is 0 Å². The third-order valence-corrected chi connectivity index (χ3v) is 10.6. The van der Waals surface area contributed by atoms with Crippen molar-refractivity contribution >= 4 is 23.2 Å². The second-order valence-electron chi connectivity index (χ2n) is 15.8. The standard InChI is InChI=1S/C43H53F3N8O2/c1-42(2,3)54-24-22-52(23-25-54)21-20-51(4)30-34-12-9-13-38(49-34)41(56)50-37-15-14-35(53-18-6-5-7-19-53)28-36(37)39-27-32(16-17-47-39)40(55)48-29-31-10-8-11-33(26-31)43(44,45)46/h8-17,26-28H,5-7,18-25,29-30H2,1-4H3,(H,48,55)(H,50,56). The number of amides is 2. The molecule has 0 bridgehead atoms. The lowest BCUT2D eigenvalue weighted by Gasteiger charge is -2.42. The van der Waals surface area contributed by atoms with Gasteiger partial charge in [0.2, 0.25) is 0 Å². The second kappa shape index (κ2) is 18.0. The molecule has 0 saturated carbocycles. The number of likely N-dealkylation sites (N-methyl/N-ethyl adjacent to an activating group) is 1. The van der Waals surface area contributed by atoms with Gasteiger partial charge in [0, 0.05) is 94.0 Å². The van der Waals surface area contributed by atoms with Crippen LogP contribution in [0.2, 0.25) is 0 Å². The van der Waals surface area contributed by atoms with Crippen LogP contribution in [0.1, 0.15) is 77.7 Å². The summed E-state index contributed by atoms with van der Waals surface area (Å²) < 4.78 is 39.7. The van der Waals surface area contributed by atoms with Gasteiger partial charge in [0.1, 0.15) is 5.69 Å². The molecule has 0 aliphatic carbocycles. The Kier molecular flexibility index (Phi) is 13.1. The van der Waals surface area contributed by atoms with Gasteiger partial charge in [-0.1, -0.05) is 18.2 Å². The minimum atomic E-state index is -4.48. The number of pyridine rings is 2. The van der Waals surface area contributed by atoms with Crippen molar-refractivity contribution in [2.75, 3.05) is 69.6 Å². The van der Waals surface area contributed by atoms with E-state index in [-0.39, 0.29) is 29.2 Å². The lowest BCUT2D eigenvalue weighted by molar-refractivity contribution is -0.137. The number of benzene rings is 2. The Morgan fingerprint density at radius 3 is 2.32 bits per heavy atom. The lowest BCUT2D eigenvalue weighted by Crippen LogP contribution is -2.54. The van der Waals surface area contributed by atoms with E-state index in [2.05, 4.69) is 63.0 Å². The second-order valence-corrected chi connectivity index (χ2v) is 15.8. The number of piperazine rings is 1. The predicted octanol–water partition coefficient (Wildman–Crippen LogP) is 7.18. The summed E-state index contributed by atoms with van der Waals surface area (Å²) in [5, 5.41) is 5.78. The molecule has 2 N–H and O–H groups in total. The summed E-state index contributed by atoms with van der Waals surface area (Å²) in [6.45, 7) is 15.2. The van der Waals surface area contributed by atoms with Crippen LogP contribution in [-0.2, 0) is 19.3 Å². The number of rotatable bonds is 12. The van der Waals surface area contributed by atoms with Crippen LogP contribution in [0.15, 0.2) is 79.0 Å². The monoisotopic (exact) mass is 770 g/mol. The van der Waals surface area contributed by atoms with E-state index in [0.29, 0.717) is 29.1 Å². The molecule has 4 aromatic rings. The fraction of sp³-hybridized carbons (Fsp3) is 0.442. The summed E-state index contributed by atoms with van der Waals surface area (Å²) in [4.78, 5) is 45.9. The molecule has 2 saturated heterocycles. The average molecular weight is 771 g/mol. The molecule has 0 unspecified atom stereocenters. The summed E-state index contributed by atoms with van der Waals surface area (Å²) in [7, 11) is 2.07. The van der Waals surface area contributed by atoms with E-state index in [1.807, 2.05) is 30.3 Å². The van der Waals surface area contributed by atoms with Gasteiger partial charge in [0.05, 0.1) is 22.6 Å². The molecular weight excluding hydrogens is 718 g/mol. The van der Waals surface area contributed by atoms with E-state index in [1.54, 1.807) is 18.2 Å². The third-order valence-electron chi connectivity index (χ3n) is 10.6. The number of piperidine rings is 1. The van der Waals surface area contributed by atoms with Gasteiger partial charge < -0.3 is 15.5 Å². The first-order valence-corrected chi connectivity index (χ1v) is 19.5. The Morgan fingerprint density at radius 2 is 1.59 bits per heavy atom. The summed E-state index contributed by atoms with van der Waals surface area (Å²) in [5.41, 5.74) is 3.71. The highest BCUT2D eigenvalue weighted by Crippen LogP contribution is 2.33. The summed E-state index contributed by atoms with van der Waals surface area (Å²) >= 11 is 0. The smallest absolute Gasteiger partial charge is 0.372 e. The topological polar surface area (TPSA) is 96.9 Å². The van der Waals surface area contributed by atoms with Crippen LogP contribution in [0.4, 0.5) is 24.5 Å². The Balaban J connectivity index is 1.14. The molecule has 4 heterocycles. The van der Waals surface area contributed by atoms with E-state index < -0.39 is 17.6 Å². The molecule has 6 rings (SSSR count). The molecule has 2 aliphatic rings. The zero-order chi connectivity index (χ0) is 39.9. The van der Waals surface area contributed by atoms with Crippen molar-refractivity contribution in [2.45, 2.75) is 64.8 Å². The maximum absolute atomic E-state index is 13.8. The molecule has 2 aliphatic heterocycles. The molecule has 0 atom stereocenters. The zero-order valence-electron chi connectivity index (χ0n) is 32.8. The molecular formula is C43H53F3N8O2. The van der Waals surface area contributed by atoms with Crippen LogP contribution < -0.4 is 15.5 Å². The molecule has 2 aromatic heterocycles. The number of alkyl halides is 3. The number of nitrogens with zero attached hydrogens (tertiary/aromatic N) is 6. The number of carbonyl (C=O) groups excluding carboxylic acids is 2. The third kappa shape index (κ3) is 10.9. The number of halogens is 3. The zero-order valence-corrected chi connectivity index (χ0v) is 32.8. The van der Waals surface area contributed by atoms with Gasteiger partial charge in [0.25, 0.3) is 11.8 Å². The van der Waals surface area contributed by atoms with E-state index in [9.17, 15) is 22.8 Å². The van der Waals surface area contributed by atoms with Crippen molar-refractivity contribution < 1.29 is 22.8 Å². The van der Waals surface area contributed by atoms with Gasteiger partial charge in [-0.15, -0.1) is 0 Å². The van der Waals surface area contributed by atoms with Crippen molar-refractivity contribution in [1.29, 1.82) is 0 Å². The number of carbonyl (C=O) groups is 2. The summed E-state index contributed by atoms with van der Waals surface area (Å²) in [6, 6.07) is 19.4. The highest BCUT2D eigenvalue weighted by molar-refractivity contribution is 6.05. The highest BCUT2D eigenvalue weighted by atomic mass is 19.4. The van der Waals surface area contributed by atoms with Crippen molar-refractivity contribution in [1.82, 2.24) is 30.0 Å². The molecule has 10 nitrogen and oxygen atoms in total. The fourth-order valence-corrected chi connectivity index (χ4v) is 7.25. The van der Waals surface area contributed by atoms with Crippen LogP contribution in [-0.4, -0.2) is 101 Å². The highest BCUT2D eigenvalue weighted by Gasteiger charge is 2.30. The minimum absolute atomic E-state index is 0.0804. The van der Waals surface area contributed by atoms with Gasteiger partial charge in [-0.05, 0) is 107 Å². The summed E-state index contributed by atoms with van der Waals surface area (Å²) in [6.07, 6.45) is 0.376. The maximum Gasteiger partial charge on any atom is 0.416 e. The van der Waals surface area contributed by atoms with Crippen molar-refractivity contribution in [2.24, 2.45) is 0 Å². The predicted molar refractivity (Wildman–Crippen MR) is 215 cm³/mol. The van der Waals surface area contributed by atoms with Crippen molar-refractivity contribution in [3.8, 4) is 11.3 Å². The Bertz CT molecular complexity index is 1970. The van der Waals surface area contributed by atoms with Gasteiger partial charge in [-0.25, -0.2) is 4.98 Å². The minimum Gasteiger partial charge on any atom is -0.372 e. The summed E-state index contributed by atoms with van der Waals surface area (Å²) in [5.74, 6) is -0.828. The van der Waals surface area contributed by atoms with Gasteiger partial charge in [0.15, 0.2) is 0 Å². The molecule has 298 valence electrons. The number of aromatic nitrogens is 2. The van der Waals surface area contributed by atoms with E-state index >= 15 is 0 Å². The van der Waals surface area contributed by atoms with Gasteiger partial charge >= 0.3 is 6.18 Å². The quantitative estimate of drug-likeness (QED) is 0.157. The Hall–Kier alpha value is -4.85. The molecule has 0 radical (unpaired) electrons. The Labute approximate surface area is 328 Å². The number of anilines is 2. The average Bonchev–Trinajstić information content (AvgIpc) is 3.19. The first-order valence-electron chi connectivity index (χ1n) is 19.5. The molecule has 2 fully saturated rings. The lowest BCUT2D eigenvalue weighted by atomic mass is 10.0. The van der Waals surface area contributed by atoms with Crippen LogP contribution in [0, 0.1) is 0 Å². The van der Waals surface area contributed by atoms with Crippen LogP contribution in [0.5, 0.6) is 0 Å². The molecule has 56 heavy (non-hydrogen) atoms. The molecule has 2 amide bonds. The van der Waals surface area contributed by atoms with Gasteiger partial charge in [-0.3, -0.25) is 29.3 Å². The maximum atomic E-state index is 13.8. The van der Waals surface area contributed by atoms with E-state index in [4.69, 9.17) is 4.98 Å². The van der Waals surface area contributed by atoms with Gasteiger partial charge in [-0.2, -0.15) is 13.2 Å². The SMILES string of the molecule is CN(CCN1CCN(C(C)(C)C)CC1)Cc1cccc(C(=O)Nc2ccc(N3CCCCC3)cc2-c2cc(C(=O)NCc3cccc(C(F)(F)F)c3)ccn2)n1. The first-order chi connectivity index (χ1) is 26.7. The van der Waals surface area contributed by atoms with E-state index in [0.717, 1.165) is 88.7 Å². The number of hydrogen-bond acceptors (Lipinski definition) is 8. The molecule has 13 heteroatoms. The number of hydrogen-bond donors (Lipinski definition) is 2. The molecule has 2 aromatic carbocycles. The first kappa shape index (κ1) is 40.8. The van der Waals surface area contributed by atoms with Crippen molar-refractivity contribution in [3.05, 3.63) is 107 Å². The van der Waals surface area contributed by atoms with Crippen LogP contribution in [0.25, 0.3) is 11.3 Å². The fourth-order valence-electron chi connectivity index (χ4n) is 7.25. The normalized spacial score (nSPS) is 15.9. The van der Waals surface area contributed by atoms with E-state index in [1.165, 1.54) is 24.8 Å². The molecule has 0 spiro atoms. The van der Waals surface area contributed by atoms with Crippen LogP contribution in [0.3, 0.4) is 0 Å². The van der Waals surface area contributed by atoms with Crippen molar-refractivity contribution in [3.63, 3.8) is 0 Å².